The molecule has 0 bridgehead atoms. The Morgan fingerprint density at radius 1 is 1.40 bits per heavy atom. The van der Waals surface area contributed by atoms with Gasteiger partial charge in [0.1, 0.15) is 0 Å². The molecule has 0 aliphatic rings. The number of hydrogen-bond donors (Lipinski definition) is 0. The summed E-state index contributed by atoms with van der Waals surface area (Å²) in [5.74, 6) is 0. The van der Waals surface area contributed by atoms with Crippen LogP contribution in [0.3, 0.4) is 0 Å². The van der Waals surface area contributed by atoms with Crippen molar-refractivity contribution in [3.63, 3.8) is 0 Å². The zero-order chi connectivity index (χ0) is 11.1. The molecule has 0 aliphatic carbocycles. The number of nitrogens with zero attached hydrogens (tertiary/aromatic N) is 2. The first-order chi connectivity index (χ1) is 7.24. The predicted octanol–water partition coefficient (Wildman–Crippen LogP) is 2.80. The van der Waals surface area contributed by atoms with Crippen LogP contribution in [-0.2, 0) is 0 Å². The molecule has 1 aromatic carbocycles. The third kappa shape index (κ3) is 4.20. The number of alkyl halides is 1. The number of nitro benzene ring substituents is 1. The van der Waals surface area contributed by atoms with Gasteiger partial charge in [-0.15, -0.1) is 0 Å². The fourth-order valence-electron chi connectivity index (χ4n) is 1.00. The Morgan fingerprint density at radius 3 is 2.60 bits per heavy atom. The number of halogens is 1. The molecule has 1 aromatic rings. The molecule has 0 N–H and O–H groups in total. The first-order valence-electron chi connectivity index (χ1n) is 4.54. The minimum Gasteiger partial charge on any atom is -0.293 e. The summed E-state index contributed by atoms with van der Waals surface area (Å²) in [6.07, 6.45) is 2.72. The van der Waals surface area contributed by atoms with Crippen molar-refractivity contribution >= 4 is 27.8 Å². The Hall–Kier alpha value is -1.23. The fraction of sp³-hybridized carbons (Fsp3) is 0.300. The van der Waals surface area contributed by atoms with E-state index in [2.05, 4.69) is 20.9 Å². The van der Waals surface area contributed by atoms with Gasteiger partial charge in [0.15, 0.2) is 0 Å². The predicted molar refractivity (Wildman–Crippen MR) is 64.0 cm³/mol. The molecule has 0 spiro atoms. The molecule has 15 heavy (non-hydrogen) atoms. The highest BCUT2D eigenvalue weighted by atomic mass is 79.9. The molecule has 0 aliphatic heterocycles. The van der Waals surface area contributed by atoms with E-state index >= 15 is 0 Å². The maximum atomic E-state index is 10.4. The van der Waals surface area contributed by atoms with E-state index in [1.54, 1.807) is 18.3 Å². The van der Waals surface area contributed by atoms with E-state index in [4.69, 9.17) is 0 Å². The van der Waals surface area contributed by atoms with Gasteiger partial charge in [-0.1, -0.05) is 15.9 Å². The molecule has 0 heterocycles. The third-order valence-electron chi connectivity index (χ3n) is 1.77. The number of aliphatic imine (C=N–C) groups is 1. The first kappa shape index (κ1) is 11.8. The lowest BCUT2D eigenvalue weighted by atomic mass is 10.2. The van der Waals surface area contributed by atoms with Crippen molar-refractivity contribution in [3.05, 3.63) is 39.9 Å². The standard InChI is InChI=1S/C10H11BrN2O2/c11-6-1-7-12-8-9-2-4-10(5-3-9)13(14)15/h2-5,8H,1,6-7H2. The Morgan fingerprint density at radius 2 is 2.07 bits per heavy atom. The van der Waals surface area contributed by atoms with E-state index in [1.807, 2.05) is 0 Å². The Balaban J connectivity index is 2.56. The Labute approximate surface area is 96.3 Å². The zero-order valence-corrected chi connectivity index (χ0v) is 9.68. The first-order valence-corrected chi connectivity index (χ1v) is 5.66. The smallest absolute Gasteiger partial charge is 0.269 e. The SMILES string of the molecule is O=[N+]([O-])c1ccc(C=NCCCBr)cc1. The summed E-state index contributed by atoms with van der Waals surface area (Å²) in [7, 11) is 0. The average Bonchev–Trinajstić information content (AvgIpc) is 2.25. The topological polar surface area (TPSA) is 55.5 Å². The second-order valence-corrected chi connectivity index (χ2v) is 3.72. The van der Waals surface area contributed by atoms with Crippen LogP contribution in [-0.4, -0.2) is 23.0 Å². The monoisotopic (exact) mass is 270 g/mol. The number of non-ortho nitro benzene ring substituents is 1. The van der Waals surface area contributed by atoms with Crippen LogP contribution in [0.4, 0.5) is 5.69 Å². The average molecular weight is 271 g/mol. The van der Waals surface area contributed by atoms with Crippen LogP contribution in [0.25, 0.3) is 0 Å². The van der Waals surface area contributed by atoms with Crippen molar-refractivity contribution in [2.75, 3.05) is 11.9 Å². The Kier molecular flexibility index (Phi) is 4.97. The van der Waals surface area contributed by atoms with Gasteiger partial charge in [-0.25, -0.2) is 0 Å². The van der Waals surface area contributed by atoms with Crippen molar-refractivity contribution in [1.29, 1.82) is 0 Å². The molecule has 1 rings (SSSR count). The van der Waals surface area contributed by atoms with Crippen LogP contribution in [0.5, 0.6) is 0 Å². The molecule has 0 aromatic heterocycles. The number of nitro groups is 1. The largest absolute Gasteiger partial charge is 0.293 e. The zero-order valence-electron chi connectivity index (χ0n) is 8.10. The molecule has 0 fully saturated rings. The summed E-state index contributed by atoms with van der Waals surface area (Å²) >= 11 is 3.31. The van der Waals surface area contributed by atoms with Gasteiger partial charge in [0, 0.05) is 30.2 Å². The Bertz CT molecular complexity index is 349. The number of rotatable bonds is 5. The van der Waals surface area contributed by atoms with E-state index in [0.29, 0.717) is 0 Å². The summed E-state index contributed by atoms with van der Waals surface area (Å²) in [4.78, 5) is 14.1. The molecule has 0 saturated carbocycles. The highest BCUT2D eigenvalue weighted by Gasteiger charge is 2.01. The van der Waals surface area contributed by atoms with Gasteiger partial charge in [-0.2, -0.15) is 0 Å². The molecular formula is C10H11BrN2O2. The number of benzene rings is 1. The maximum absolute atomic E-state index is 10.4. The van der Waals surface area contributed by atoms with E-state index in [0.717, 1.165) is 23.9 Å². The van der Waals surface area contributed by atoms with Gasteiger partial charge in [0.25, 0.3) is 5.69 Å². The third-order valence-corrected chi connectivity index (χ3v) is 2.33. The highest BCUT2D eigenvalue weighted by molar-refractivity contribution is 9.09. The minimum absolute atomic E-state index is 0.104. The van der Waals surface area contributed by atoms with Crippen molar-refractivity contribution in [1.82, 2.24) is 0 Å². The van der Waals surface area contributed by atoms with Gasteiger partial charge >= 0.3 is 0 Å². The lowest BCUT2D eigenvalue weighted by Gasteiger charge is -1.93. The number of hydrogen-bond acceptors (Lipinski definition) is 3. The van der Waals surface area contributed by atoms with Crippen molar-refractivity contribution in [2.24, 2.45) is 4.99 Å². The molecule has 5 heteroatoms. The minimum atomic E-state index is -0.411. The molecular weight excluding hydrogens is 260 g/mol. The molecule has 0 atom stereocenters. The maximum Gasteiger partial charge on any atom is 0.269 e. The molecule has 0 saturated heterocycles. The molecule has 80 valence electrons. The van der Waals surface area contributed by atoms with E-state index in [1.165, 1.54) is 12.1 Å². The summed E-state index contributed by atoms with van der Waals surface area (Å²) in [6, 6.07) is 6.34. The summed E-state index contributed by atoms with van der Waals surface area (Å²) in [5.41, 5.74) is 0.989. The summed E-state index contributed by atoms with van der Waals surface area (Å²) in [5, 5.41) is 11.3. The van der Waals surface area contributed by atoms with Gasteiger partial charge in [0.05, 0.1) is 4.92 Å². The molecule has 0 radical (unpaired) electrons. The van der Waals surface area contributed by atoms with E-state index < -0.39 is 4.92 Å². The van der Waals surface area contributed by atoms with Crippen LogP contribution >= 0.6 is 15.9 Å². The van der Waals surface area contributed by atoms with Gasteiger partial charge < -0.3 is 0 Å². The van der Waals surface area contributed by atoms with Crippen LogP contribution in [0, 0.1) is 10.1 Å². The van der Waals surface area contributed by atoms with E-state index in [9.17, 15) is 10.1 Å². The fourth-order valence-corrected chi connectivity index (χ4v) is 1.25. The molecule has 0 amide bonds. The van der Waals surface area contributed by atoms with Crippen LogP contribution < -0.4 is 0 Å². The molecule has 0 unspecified atom stereocenters. The highest BCUT2D eigenvalue weighted by Crippen LogP contribution is 2.10. The summed E-state index contributed by atoms with van der Waals surface area (Å²) < 4.78 is 0. The molecule has 4 nitrogen and oxygen atoms in total. The summed E-state index contributed by atoms with van der Waals surface area (Å²) in [6.45, 7) is 0.766. The van der Waals surface area contributed by atoms with Crippen LogP contribution in [0.2, 0.25) is 0 Å². The normalized spacial score (nSPS) is 10.7. The second kappa shape index (κ2) is 6.29. The van der Waals surface area contributed by atoms with Gasteiger partial charge in [-0.05, 0) is 24.1 Å². The van der Waals surface area contributed by atoms with Gasteiger partial charge in [-0.3, -0.25) is 15.1 Å². The second-order valence-electron chi connectivity index (χ2n) is 2.93. The lowest BCUT2D eigenvalue weighted by Crippen LogP contribution is -1.89. The van der Waals surface area contributed by atoms with E-state index in [-0.39, 0.29) is 5.69 Å². The van der Waals surface area contributed by atoms with Crippen LogP contribution in [0.15, 0.2) is 29.3 Å². The van der Waals surface area contributed by atoms with Crippen molar-refractivity contribution in [2.45, 2.75) is 6.42 Å². The van der Waals surface area contributed by atoms with Gasteiger partial charge in [0.2, 0.25) is 0 Å². The van der Waals surface area contributed by atoms with Crippen LogP contribution in [0.1, 0.15) is 12.0 Å². The quantitative estimate of drug-likeness (QED) is 0.272. The lowest BCUT2D eigenvalue weighted by molar-refractivity contribution is -0.384. The van der Waals surface area contributed by atoms with Crippen molar-refractivity contribution < 1.29 is 4.92 Å². The van der Waals surface area contributed by atoms with Crippen molar-refractivity contribution in [3.8, 4) is 0 Å².